The van der Waals surface area contributed by atoms with Crippen LogP contribution in [0.15, 0.2) is 27.9 Å². The average Bonchev–Trinajstić information content (AvgIpc) is 2.84. The van der Waals surface area contributed by atoms with Crippen LogP contribution in [0.3, 0.4) is 0 Å². The van der Waals surface area contributed by atoms with Crippen molar-refractivity contribution in [3.63, 3.8) is 0 Å². The number of carbonyl (C=O) groups is 1. The zero-order valence-corrected chi connectivity index (χ0v) is 14.4. The number of hydrogen-bond acceptors (Lipinski definition) is 5. The normalized spacial score (nSPS) is 17.6. The van der Waals surface area contributed by atoms with Crippen LogP contribution in [0.1, 0.15) is 47.7 Å². The van der Waals surface area contributed by atoms with E-state index < -0.39 is 5.91 Å². The number of fused-ring (bicyclic) bond motifs is 1. The first-order valence-corrected chi connectivity index (χ1v) is 7.95. The number of oxime groups is 1. The smallest absolute Gasteiger partial charge is 0.292 e. The summed E-state index contributed by atoms with van der Waals surface area (Å²) in [6, 6.07) is 3.26. The summed E-state index contributed by atoms with van der Waals surface area (Å²) in [6.45, 7) is 5.92. The average molecular weight is 348 g/mol. The van der Waals surface area contributed by atoms with Gasteiger partial charge < -0.3 is 14.9 Å². The van der Waals surface area contributed by atoms with Gasteiger partial charge in [0.2, 0.25) is 0 Å². The molecule has 2 aromatic rings. The number of amides is 1. The van der Waals surface area contributed by atoms with Gasteiger partial charge in [-0.25, -0.2) is 4.98 Å². The van der Waals surface area contributed by atoms with Gasteiger partial charge in [0.25, 0.3) is 5.91 Å². The predicted octanol–water partition coefficient (Wildman–Crippen LogP) is 4.04. The fraction of sp³-hybridized carbons (Fsp3) is 0.353. The van der Waals surface area contributed by atoms with E-state index in [9.17, 15) is 10.0 Å². The lowest BCUT2D eigenvalue weighted by Crippen LogP contribution is -2.27. The maximum Gasteiger partial charge on any atom is 0.292 e. The van der Waals surface area contributed by atoms with Gasteiger partial charge in [0, 0.05) is 23.7 Å². The summed E-state index contributed by atoms with van der Waals surface area (Å²) in [6.07, 6.45) is 2.75. The number of pyridine rings is 1. The zero-order valence-electron chi connectivity index (χ0n) is 13.7. The van der Waals surface area contributed by atoms with Crippen molar-refractivity contribution in [2.45, 2.75) is 33.6 Å². The molecule has 0 aromatic carbocycles. The number of halogens is 1. The van der Waals surface area contributed by atoms with Gasteiger partial charge in [-0.2, -0.15) is 0 Å². The Morgan fingerprint density at radius 1 is 1.42 bits per heavy atom. The van der Waals surface area contributed by atoms with Gasteiger partial charge in [0.15, 0.2) is 5.76 Å². The Morgan fingerprint density at radius 2 is 2.17 bits per heavy atom. The van der Waals surface area contributed by atoms with Crippen LogP contribution in [-0.4, -0.2) is 21.8 Å². The van der Waals surface area contributed by atoms with Gasteiger partial charge in [-0.1, -0.05) is 30.6 Å². The van der Waals surface area contributed by atoms with E-state index >= 15 is 0 Å². The van der Waals surface area contributed by atoms with Crippen LogP contribution in [0.4, 0.5) is 5.82 Å². The molecule has 0 atom stereocenters. The molecule has 0 unspecified atom stereocenters. The monoisotopic (exact) mass is 347 g/mol. The summed E-state index contributed by atoms with van der Waals surface area (Å²) in [7, 11) is 0. The number of furan rings is 1. The van der Waals surface area contributed by atoms with E-state index in [1.54, 1.807) is 19.1 Å². The minimum absolute atomic E-state index is 0.0929. The molecule has 24 heavy (non-hydrogen) atoms. The van der Waals surface area contributed by atoms with E-state index in [0.29, 0.717) is 40.7 Å². The topological polar surface area (TPSA) is 87.7 Å². The molecule has 2 N–H and O–H groups in total. The highest BCUT2D eigenvalue weighted by atomic mass is 35.5. The van der Waals surface area contributed by atoms with Crippen molar-refractivity contribution in [1.29, 1.82) is 0 Å². The molecule has 126 valence electrons. The number of rotatable bonds is 2. The summed E-state index contributed by atoms with van der Waals surface area (Å²) in [5.41, 5.74) is 1.85. The molecular formula is C17H18ClN3O3. The lowest BCUT2D eigenvalue weighted by Gasteiger charge is -2.28. The molecular weight excluding hydrogens is 330 g/mol. The Hall–Kier alpha value is -2.34. The van der Waals surface area contributed by atoms with Crippen molar-refractivity contribution < 1.29 is 14.4 Å². The highest BCUT2D eigenvalue weighted by molar-refractivity contribution is 6.30. The number of aromatic nitrogens is 1. The molecule has 1 aliphatic carbocycles. The third kappa shape index (κ3) is 3.01. The molecule has 0 radical (unpaired) electrons. The third-order valence-corrected chi connectivity index (χ3v) is 4.31. The highest BCUT2D eigenvalue weighted by Crippen LogP contribution is 2.38. The molecule has 0 fully saturated rings. The van der Waals surface area contributed by atoms with E-state index in [2.05, 4.69) is 29.3 Å². The van der Waals surface area contributed by atoms with Gasteiger partial charge in [-0.15, -0.1) is 0 Å². The van der Waals surface area contributed by atoms with Crippen LogP contribution in [0.25, 0.3) is 0 Å². The first-order chi connectivity index (χ1) is 11.3. The lowest BCUT2D eigenvalue weighted by molar-refractivity contribution is 0.0992. The van der Waals surface area contributed by atoms with Crippen LogP contribution in [0.5, 0.6) is 0 Å². The molecule has 1 aliphatic rings. The molecule has 1 amide bonds. The molecule has 3 rings (SSSR count). The molecule has 7 heteroatoms. The van der Waals surface area contributed by atoms with Crippen LogP contribution >= 0.6 is 11.6 Å². The number of hydrogen-bond donors (Lipinski definition) is 2. The van der Waals surface area contributed by atoms with Crippen molar-refractivity contribution in [3.8, 4) is 0 Å². The van der Waals surface area contributed by atoms with E-state index in [0.717, 1.165) is 5.56 Å². The fourth-order valence-electron chi connectivity index (χ4n) is 3.04. The highest BCUT2D eigenvalue weighted by Gasteiger charge is 2.36. The molecule has 6 nitrogen and oxygen atoms in total. The Morgan fingerprint density at radius 3 is 2.79 bits per heavy atom. The molecule has 2 heterocycles. The number of carbonyl (C=O) groups excluding carboxylic acids is 1. The minimum atomic E-state index is -0.396. The molecule has 0 spiro atoms. The second kappa shape index (κ2) is 5.94. The number of anilines is 1. The summed E-state index contributed by atoms with van der Waals surface area (Å²) in [5.74, 6) is 0.864. The molecule has 0 saturated carbocycles. The second-order valence-electron chi connectivity index (χ2n) is 6.73. The van der Waals surface area contributed by atoms with Crippen molar-refractivity contribution in [2.24, 2.45) is 10.6 Å². The Balaban J connectivity index is 1.94. The van der Waals surface area contributed by atoms with Crippen molar-refractivity contribution in [2.75, 3.05) is 5.32 Å². The predicted molar refractivity (Wildman–Crippen MR) is 91.1 cm³/mol. The fourth-order valence-corrected chi connectivity index (χ4v) is 3.15. The molecule has 0 bridgehead atoms. The van der Waals surface area contributed by atoms with E-state index in [-0.39, 0.29) is 11.2 Å². The SMILES string of the molecule is Cc1c(C(=O)Nc2ccc(Cl)cn2)oc2c1C(=NO)CC(C)(C)C2. The Labute approximate surface area is 144 Å². The van der Waals surface area contributed by atoms with Crippen LogP contribution in [0, 0.1) is 12.3 Å². The lowest BCUT2D eigenvalue weighted by atomic mass is 9.75. The van der Waals surface area contributed by atoms with Gasteiger partial charge in [0.1, 0.15) is 11.6 Å². The number of nitrogens with one attached hydrogen (secondary N) is 1. The Bertz CT molecular complexity index is 822. The largest absolute Gasteiger partial charge is 0.455 e. The zero-order chi connectivity index (χ0) is 17.5. The van der Waals surface area contributed by atoms with Crippen molar-refractivity contribution >= 4 is 29.0 Å². The summed E-state index contributed by atoms with van der Waals surface area (Å²) in [4.78, 5) is 16.6. The van der Waals surface area contributed by atoms with Gasteiger partial charge in [-0.3, -0.25) is 4.79 Å². The molecule has 2 aromatic heterocycles. The second-order valence-corrected chi connectivity index (χ2v) is 7.17. The van der Waals surface area contributed by atoms with Gasteiger partial charge >= 0.3 is 0 Å². The molecule has 0 saturated heterocycles. The first-order valence-electron chi connectivity index (χ1n) is 7.57. The van der Waals surface area contributed by atoms with Crippen LogP contribution < -0.4 is 5.32 Å². The van der Waals surface area contributed by atoms with Gasteiger partial charge in [-0.05, 0) is 30.9 Å². The van der Waals surface area contributed by atoms with E-state index in [1.165, 1.54) is 6.20 Å². The first kappa shape index (κ1) is 16.5. The summed E-state index contributed by atoms with van der Waals surface area (Å²) >= 11 is 5.79. The van der Waals surface area contributed by atoms with E-state index in [4.69, 9.17) is 16.0 Å². The van der Waals surface area contributed by atoms with Crippen LogP contribution in [0.2, 0.25) is 5.02 Å². The minimum Gasteiger partial charge on any atom is -0.455 e. The van der Waals surface area contributed by atoms with Crippen LogP contribution in [-0.2, 0) is 6.42 Å². The number of nitrogens with zero attached hydrogens (tertiary/aromatic N) is 2. The van der Waals surface area contributed by atoms with Crippen molar-refractivity contribution in [1.82, 2.24) is 4.98 Å². The van der Waals surface area contributed by atoms with Gasteiger partial charge in [0.05, 0.1) is 10.7 Å². The summed E-state index contributed by atoms with van der Waals surface area (Å²) < 4.78 is 5.80. The van der Waals surface area contributed by atoms with E-state index in [1.807, 2.05) is 0 Å². The maximum absolute atomic E-state index is 12.5. The quantitative estimate of drug-likeness (QED) is 0.634. The molecule has 0 aliphatic heterocycles. The standard InChI is InChI=1S/C17H18ClN3O3/c1-9-14-11(21-23)6-17(2,3)7-12(14)24-15(9)16(22)20-13-5-4-10(18)8-19-13/h4-5,8,23H,6-7H2,1-3H3,(H,19,20,22). The summed E-state index contributed by atoms with van der Waals surface area (Å²) in [5, 5.41) is 15.9. The Kier molecular flexibility index (Phi) is 4.09. The van der Waals surface area contributed by atoms with Crippen molar-refractivity contribution in [3.05, 3.63) is 46.0 Å². The maximum atomic E-state index is 12.5. The third-order valence-electron chi connectivity index (χ3n) is 4.09.